The SMILES string of the molecule is C[C@@H]1CCCCC[C@@H](Nc2ccccc2C(=N)c2ccnc3c2[C@H](C(F)(F)F)OC(=O)N3)C1. The van der Waals surface area contributed by atoms with Gasteiger partial charge in [0, 0.05) is 29.1 Å². The van der Waals surface area contributed by atoms with E-state index in [2.05, 4.69) is 27.3 Å². The van der Waals surface area contributed by atoms with Crippen LogP contribution in [-0.2, 0) is 4.74 Å². The van der Waals surface area contributed by atoms with Gasteiger partial charge in [0.25, 0.3) is 0 Å². The molecule has 1 aliphatic carbocycles. The first-order valence-electron chi connectivity index (χ1n) is 11.2. The normalized spacial score (nSPS) is 23.4. The summed E-state index contributed by atoms with van der Waals surface area (Å²) in [4.78, 5) is 15.5. The average molecular weight is 461 g/mol. The first-order chi connectivity index (χ1) is 15.7. The number of benzene rings is 1. The van der Waals surface area contributed by atoms with Crippen LogP contribution < -0.4 is 10.6 Å². The summed E-state index contributed by atoms with van der Waals surface area (Å²) in [5, 5.41) is 14.6. The van der Waals surface area contributed by atoms with Gasteiger partial charge in [0.1, 0.15) is 5.82 Å². The van der Waals surface area contributed by atoms with Crippen LogP contribution in [-0.4, -0.2) is 29.0 Å². The molecule has 4 rings (SSSR count). The van der Waals surface area contributed by atoms with Crippen LogP contribution in [0.3, 0.4) is 0 Å². The van der Waals surface area contributed by atoms with Crippen LogP contribution in [0, 0.1) is 11.3 Å². The number of amides is 1. The maximum atomic E-state index is 13.7. The number of nitrogens with one attached hydrogen (secondary N) is 3. The Kier molecular flexibility index (Phi) is 6.58. The molecule has 6 nitrogen and oxygen atoms in total. The molecule has 3 atom stereocenters. The monoisotopic (exact) mass is 460 g/mol. The van der Waals surface area contributed by atoms with E-state index in [1.54, 1.807) is 12.1 Å². The summed E-state index contributed by atoms with van der Waals surface area (Å²) in [6.45, 7) is 2.24. The molecule has 2 aliphatic rings. The Morgan fingerprint density at radius 1 is 1.15 bits per heavy atom. The summed E-state index contributed by atoms with van der Waals surface area (Å²) in [7, 11) is 0. The number of alkyl halides is 3. The Bertz CT molecular complexity index is 1040. The minimum Gasteiger partial charge on any atom is -0.431 e. The van der Waals surface area contributed by atoms with Crippen molar-refractivity contribution in [2.45, 2.75) is 63.8 Å². The number of pyridine rings is 1. The Morgan fingerprint density at radius 3 is 2.70 bits per heavy atom. The molecule has 1 aliphatic heterocycles. The molecule has 1 saturated carbocycles. The highest BCUT2D eigenvalue weighted by Crippen LogP contribution is 2.43. The lowest BCUT2D eigenvalue weighted by atomic mass is 9.89. The highest BCUT2D eigenvalue weighted by atomic mass is 19.4. The predicted molar refractivity (Wildman–Crippen MR) is 120 cm³/mol. The van der Waals surface area contributed by atoms with Gasteiger partial charge in [-0.2, -0.15) is 13.2 Å². The lowest BCUT2D eigenvalue weighted by Crippen LogP contribution is -2.35. The van der Waals surface area contributed by atoms with Crippen LogP contribution in [0.2, 0.25) is 0 Å². The Hall–Kier alpha value is -3.10. The molecule has 0 saturated heterocycles. The zero-order chi connectivity index (χ0) is 23.6. The Morgan fingerprint density at radius 2 is 1.91 bits per heavy atom. The molecule has 1 aromatic carbocycles. The number of para-hydroxylation sites is 1. The van der Waals surface area contributed by atoms with Gasteiger partial charge in [-0.3, -0.25) is 10.7 Å². The molecule has 2 aromatic rings. The van der Waals surface area contributed by atoms with Gasteiger partial charge >= 0.3 is 12.3 Å². The van der Waals surface area contributed by atoms with Gasteiger partial charge < -0.3 is 10.1 Å². The maximum Gasteiger partial charge on any atom is 0.430 e. The first-order valence-corrected chi connectivity index (χ1v) is 11.2. The molecule has 3 N–H and O–H groups in total. The zero-order valence-corrected chi connectivity index (χ0v) is 18.3. The van der Waals surface area contributed by atoms with Crippen LogP contribution in [0.15, 0.2) is 36.5 Å². The summed E-state index contributed by atoms with van der Waals surface area (Å²) < 4.78 is 45.7. The van der Waals surface area contributed by atoms with Crippen LogP contribution in [0.4, 0.5) is 29.5 Å². The van der Waals surface area contributed by atoms with E-state index in [1.807, 2.05) is 12.1 Å². The third-order valence-corrected chi connectivity index (χ3v) is 6.26. The van der Waals surface area contributed by atoms with Crippen LogP contribution in [0.25, 0.3) is 0 Å². The van der Waals surface area contributed by atoms with E-state index in [9.17, 15) is 18.0 Å². The molecule has 9 heteroatoms. The number of carbonyl (C=O) groups is 1. The van der Waals surface area contributed by atoms with Gasteiger partial charge in [-0.05, 0) is 30.9 Å². The van der Waals surface area contributed by atoms with Crippen molar-refractivity contribution in [3.63, 3.8) is 0 Å². The lowest BCUT2D eigenvalue weighted by molar-refractivity contribution is -0.206. The van der Waals surface area contributed by atoms with Gasteiger partial charge in [-0.25, -0.2) is 9.78 Å². The van der Waals surface area contributed by atoms with Gasteiger partial charge in [-0.1, -0.05) is 50.8 Å². The second kappa shape index (κ2) is 9.41. The average Bonchev–Trinajstić information content (AvgIpc) is 2.75. The van der Waals surface area contributed by atoms with E-state index in [1.165, 1.54) is 31.5 Å². The molecule has 1 aromatic heterocycles. The summed E-state index contributed by atoms with van der Waals surface area (Å²) in [5.41, 5.74) is 0.754. The number of hydrogen-bond acceptors (Lipinski definition) is 5. The number of carbonyl (C=O) groups excluding carboxylic acids is 1. The number of rotatable bonds is 4. The summed E-state index contributed by atoms with van der Waals surface area (Å²) in [6.07, 6.45) is -0.524. The first kappa shape index (κ1) is 23.1. The third-order valence-electron chi connectivity index (χ3n) is 6.26. The predicted octanol–water partition coefficient (Wildman–Crippen LogP) is 6.43. The number of nitrogens with zero attached hydrogens (tertiary/aromatic N) is 1. The molecular formula is C24H27F3N4O2. The standard InChI is InChI=1S/C24H27F3N4O2/c1-14-7-3-2-4-8-15(13-14)30-18-10-6-5-9-16(18)20(28)17-11-12-29-22-19(17)21(24(25,26)27)33-23(32)31-22/h5-6,9-12,14-15,21,28,30H,2-4,7-8,13H2,1H3,(H,29,31,32)/t14-,15-,21-/m1/s1. The van der Waals surface area contributed by atoms with Crippen molar-refractivity contribution < 1.29 is 22.7 Å². The minimum absolute atomic E-state index is 0.0163. The number of aromatic nitrogens is 1. The van der Waals surface area contributed by atoms with E-state index in [-0.39, 0.29) is 28.7 Å². The van der Waals surface area contributed by atoms with Crippen LogP contribution in [0.1, 0.15) is 68.2 Å². The number of halogens is 3. The Labute approximate surface area is 190 Å². The van der Waals surface area contributed by atoms with Crippen molar-refractivity contribution in [1.82, 2.24) is 4.98 Å². The Balaban J connectivity index is 1.69. The molecule has 0 radical (unpaired) electrons. The summed E-state index contributed by atoms with van der Waals surface area (Å²) in [5.74, 6) is 0.338. The molecule has 2 heterocycles. The van der Waals surface area contributed by atoms with E-state index in [0.29, 0.717) is 17.2 Å². The van der Waals surface area contributed by atoms with Crippen molar-refractivity contribution in [3.05, 3.63) is 53.2 Å². The quantitative estimate of drug-likeness (QED) is 0.459. The van der Waals surface area contributed by atoms with Crippen molar-refractivity contribution in [2.24, 2.45) is 5.92 Å². The molecule has 0 bridgehead atoms. The highest BCUT2D eigenvalue weighted by molar-refractivity contribution is 6.15. The maximum absolute atomic E-state index is 13.7. The zero-order valence-electron chi connectivity index (χ0n) is 18.3. The van der Waals surface area contributed by atoms with E-state index < -0.39 is 18.4 Å². The number of fused-ring (bicyclic) bond motifs is 1. The van der Waals surface area contributed by atoms with E-state index >= 15 is 0 Å². The van der Waals surface area contributed by atoms with Crippen LogP contribution in [0.5, 0.6) is 0 Å². The van der Waals surface area contributed by atoms with Crippen molar-refractivity contribution in [3.8, 4) is 0 Å². The van der Waals surface area contributed by atoms with Crippen molar-refractivity contribution in [2.75, 3.05) is 10.6 Å². The lowest BCUT2D eigenvalue weighted by Gasteiger charge is -2.29. The van der Waals surface area contributed by atoms with Crippen LogP contribution >= 0.6 is 0 Å². The molecule has 33 heavy (non-hydrogen) atoms. The fourth-order valence-corrected chi connectivity index (χ4v) is 4.68. The molecule has 0 spiro atoms. The second-order valence-corrected chi connectivity index (χ2v) is 8.81. The number of ether oxygens (including phenoxy) is 1. The van der Waals surface area contributed by atoms with Gasteiger partial charge in [0.2, 0.25) is 6.10 Å². The topological polar surface area (TPSA) is 87.1 Å². The highest BCUT2D eigenvalue weighted by Gasteiger charge is 2.49. The largest absolute Gasteiger partial charge is 0.431 e. The molecule has 0 unspecified atom stereocenters. The fraction of sp³-hybridized carbons (Fsp3) is 0.458. The number of anilines is 2. The number of cyclic esters (lactones) is 1. The third kappa shape index (κ3) is 5.12. The van der Waals surface area contributed by atoms with Gasteiger partial charge in [-0.15, -0.1) is 0 Å². The minimum atomic E-state index is -4.84. The second-order valence-electron chi connectivity index (χ2n) is 8.81. The molecule has 176 valence electrons. The smallest absolute Gasteiger partial charge is 0.430 e. The van der Waals surface area contributed by atoms with Gasteiger partial charge in [0.15, 0.2) is 0 Å². The van der Waals surface area contributed by atoms with E-state index in [0.717, 1.165) is 19.3 Å². The fourth-order valence-electron chi connectivity index (χ4n) is 4.68. The van der Waals surface area contributed by atoms with Crippen molar-refractivity contribution >= 4 is 23.3 Å². The van der Waals surface area contributed by atoms with E-state index in [4.69, 9.17) is 5.41 Å². The summed E-state index contributed by atoms with van der Waals surface area (Å²) >= 11 is 0. The molecular weight excluding hydrogens is 433 g/mol. The number of hydrogen-bond donors (Lipinski definition) is 3. The van der Waals surface area contributed by atoms with Gasteiger partial charge in [0.05, 0.1) is 11.3 Å². The molecule has 1 fully saturated rings. The summed E-state index contributed by atoms with van der Waals surface area (Å²) in [6, 6.07) is 8.74. The molecule has 1 amide bonds. The van der Waals surface area contributed by atoms with Crippen molar-refractivity contribution in [1.29, 1.82) is 5.41 Å².